The summed E-state index contributed by atoms with van der Waals surface area (Å²) in [6, 6.07) is 14.6. The average molecular weight is 379 g/mol. The number of hydrogen-bond donors (Lipinski definition) is 3. The standard InChI is InChI=1S/C21H21N3O4/c1-14-6-8-15(9-7-14)13-22-20(27)16-4-2-3-5-17(16)23-18-12-19(26)24(10-11-25)21(18)28/h2-9,12,23,25H,10-11,13H2,1H3,(H,22,27). The summed E-state index contributed by atoms with van der Waals surface area (Å²) in [5, 5.41) is 14.7. The molecule has 7 nitrogen and oxygen atoms in total. The number of nitrogens with one attached hydrogen (secondary N) is 2. The number of hydrogen-bond acceptors (Lipinski definition) is 5. The Kier molecular flexibility index (Phi) is 5.86. The van der Waals surface area contributed by atoms with Gasteiger partial charge >= 0.3 is 0 Å². The van der Waals surface area contributed by atoms with Crippen LogP contribution in [0.3, 0.4) is 0 Å². The van der Waals surface area contributed by atoms with Crippen LogP contribution in [-0.2, 0) is 16.1 Å². The van der Waals surface area contributed by atoms with Gasteiger partial charge in [0.05, 0.1) is 24.4 Å². The maximum Gasteiger partial charge on any atom is 0.277 e. The van der Waals surface area contributed by atoms with E-state index in [4.69, 9.17) is 5.11 Å². The molecule has 0 atom stereocenters. The van der Waals surface area contributed by atoms with Gasteiger partial charge in [-0.05, 0) is 24.6 Å². The van der Waals surface area contributed by atoms with Crippen LogP contribution in [0.1, 0.15) is 21.5 Å². The van der Waals surface area contributed by atoms with Crippen LogP contribution in [0.5, 0.6) is 0 Å². The van der Waals surface area contributed by atoms with Crippen molar-refractivity contribution in [3.8, 4) is 0 Å². The smallest absolute Gasteiger partial charge is 0.277 e. The molecule has 0 aliphatic carbocycles. The highest BCUT2D eigenvalue weighted by molar-refractivity contribution is 6.17. The van der Waals surface area contributed by atoms with E-state index in [9.17, 15) is 14.4 Å². The molecule has 1 aliphatic heterocycles. The largest absolute Gasteiger partial charge is 0.395 e. The highest BCUT2D eigenvalue weighted by Crippen LogP contribution is 2.21. The third-order valence-corrected chi connectivity index (χ3v) is 4.35. The molecule has 0 saturated heterocycles. The highest BCUT2D eigenvalue weighted by atomic mass is 16.3. The van der Waals surface area contributed by atoms with Gasteiger partial charge in [-0.2, -0.15) is 0 Å². The van der Waals surface area contributed by atoms with E-state index in [1.165, 1.54) is 6.08 Å². The second-order valence-corrected chi connectivity index (χ2v) is 6.42. The number of anilines is 1. The average Bonchev–Trinajstić information content (AvgIpc) is 2.95. The van der Waals surface area contributed by atoms with Crippen LogP contribution in [0, 0.1) is 6.92 Å². The van der Waals surface area contributed by atoms with E-state index in [-0.39, 0.29) is 24.8 Å². The molecule has 0 fully saturated rings. The molecule has 1 aliphatic rings. The first-order valence-electron chi connectivity index (χ1n) is 8.88. The van der Waals surface area contributed by atoms with Gasteiger partial charge in [0, 0.05) is 12.6 Å². The van der Waals surface area contributed by atoms with E-state index in [0.717, 1.165) is 16.0 Å². The third-order valence-electron chi connectivity index (χ3n) is 4.35. The summed E-state index contributed by atoms with van der Waals surface area (Å²) in [4.78, 5) is 37.7. The maximum absolute atomic E-state index is 12.6. The number of rotatable bonds is 7. The van der Waals surface area contributed by atoms with Crippen molar-refractivity contribution in [2.45, 2.75) is 13.5 Å². The van der Waals surface area contributed by atoms with Crippen LogP contribution in [0.25, 0.3) is 0 Å². The summed E-state index contributed by atoms with van der Waals surface area (Å²) in [6.07, 6.45) is 1.17. The quantitative estimate of drug-likeness (QED) is 0.635. The summed E-state index contributed by atoms with van der Waals surface area (Å²) < 4.78 is 0. The van der Waals surface area contributed by atoms with Crippen molar-refractivity contribution in [1.82, 2.24) is 10.2 Å². The van der Waals surface area contributed by atoms with Crippen molar-refractivity contribution in [1.29, 1.82) is 0 Å². The summed E-state index contributed by atoms with van der Waals surface area (Å²) in [5.74, 6) is -1.33. The number of aliphatic hydroxyl groups excluding tert-OH is 1. The molecule has 3 amide bonds. The van der Waals surface area contributed by atoms with Gasteiger partial charge in [-0.15, -0.1) is 0 Å². The van der Waals surface area contributed by atoms with Crippen LogP contribution in [0.4, 0.5) is 5.69 Å². The molecule has 0 radical (unpaired) electrons. The monoisotopic (exact) mass is 379 g/mol. The van der Waals surface area contributed by atoms with Crippen LogP contribution < -0.4 is 10.6 Å². The molecular formula is C21H21N3O4. The van der Waals surface area contributed by atoms with Gasteiger partial charge in [-0.3, -0.25) is 19.3 Å². The summed E-state index contributed by atoms with van der Waals surface area (Å²) >= 11 is 0. The predicted octanol–water partition coefficient (Wildman–Crippen LogP) is 1.58. The lowest BCUT2D eigenvalue weighted by Gasteiger charge is -2.15. The van der Waals surface area contributed by atoms with Gasteiger partial charge in [0.2, 0.25) is 0 Å². The van der Waals surface area contributed by atoms with E-state index in [1.807, 2.05) is 31.2 Å². The lowest BCUT2D eigenvalue weighted by molar-refractivity contribution is -0.137. The van der Waals surface area contributed by atoms with Gasteiger partial charge in [-0.25, -0.2) is 0 Å². The Bertz CT molecular complexity index is 935. The fourth-order valence-electron chi connectivity index (χ4n) is 2.83. The van der Waals surface area contributed by atoms with Crippen molar-refractivity contribution in [2.75, 3.05) is 18.5 Å². The summed E-state index contributed by atoms with van der Waals surface area (Å²) in [5.41, 5.74) is 2.96. The van der Waals surface area contributed by atoms with Gasteiger partial charge < -0.3 is 15.7 Å². The van der Waals surface area contributed by atoms with E-state index in [1.54, 1.807) is 24.3 Å². The number of benzene rings is 2. The van der Waals surface area contributed by atoms with Crippen molar-refractivity contribution in [2.24, 2.45) is 0 Å². The number of amides is 3. The summed E-state index contributed by atoms with van der Waals surface area (Å²) in [7, 11) is 0. The molecule has 144 valence electrons. The van der Waals surface area contributed by atoms with Crippen LogP contribution in [-0.4, -0.2) is 40.9 Å². The first-order valence-corrected chi connectivity index (χ1v) is 8.88. The van der Waals surface area contributed by atoms with Gasteiger partial charge in [0.25, 0.3) is 17.7 Å². The predicted molar refractivity (Wildman–Crippen MR) is 104 cm³/mol. The SMILES string of the molecule is Cc1ccc(CNC(=O)c2ccccc2NC2=CC(=O)N(CCO)C2=O)cc1. The Labute approximate surface area is 162 Å². The molecule has 0 bridgehead atoms. The Morgan fingerprint density at radius 1 is 1.07 bits per heavy atom. The van der Waals surface area contributed by atoms with E-state index >= 15 is 0 Å². The summed E-state index contributed by atoms with van der Waals surface area (Å²) in [6.45, 7) is 1.99. The minimum Gasteiger partial charge on any atom is -0.395 e. The zero-order valence-corrected chi connectivity index (χ0v) is 15.4. The molecule has 28 heavy (non-hydrogen) atoms. The Balaban J connectivity index is 1.71. The topological polar surface area (TPSA) is 98.7 Å². The molecule has 7 heteroatoms. The molecule has 3 rings (SSSR count). The number of nitrogens with zero attached hydrogens (tertiary/aromatic N) is 1. The van der Waals surface area contributed by atoms with E-state index in [0.29, 0.717) is 17.8 Å². The fourth-order valence-corrected chi connectivity index (χ4v) is 2.83. The number of carbonyl (C=O) groups excluding carboxylic acids is 3. The molecule has 1 heterocycles. The second-order valence-electron chi connectivity index (χ2n) is 6.42. The lowest BCUT2D eigenvalue weighted by atomic mass is 10.1. The fraction of sp³-hybridized carbons (Fsp3) is 0.190. The van der Waals surface area contributed by atoms with Crippen molar-refractivity contribution < 1.29 is 19.5 Å². The second kappa shape index (κ2) is 8.49. The zero-order chi connectivity index (χ0) is 20.1. The van der Waals surface area contributed by atoms with Crippen molar-refractivity contribution in [3.05, 3.63) is 77.0 Å². The molecule has 0 spiro atoms. The first kappa shape index (κ1) is 19.3. The van der Waals surface area contributed by atoms with E-state index < -0.39 is 11.8 Å². The van der Waals surface area contributed by atoms with Gasteiger partial charge in [0.1, 0.15) is 5.70 Å². The number of carbonyl (C=O) groups is 3. The maximum atomic E-state index is 12.6. The Morgan fingerprint density at radius 2 is 1.79 bits per heavy atom. The lowest BCUT2D eigenvalue weighted by Crippen LogP contribution is -2.34. The first-order chi connectivity index (χ1) is 13.5. The molecule has 0 saturated carbocycles. The zero-order valence-electron chi connectivity index (χ0n) is 15.4. The number of aliphatic hydroxyl groups is 1. The van der Waals surface area contributed by atoms with E-state index in [2.05, 4.69) is 10.6 Å². The molecule has 0 aromatic heterocycles. The molecule has 2 aromatic rings. The number of imide groups is 1. The molecule has 3 N–H and O–H groups in total. The third kappa shape index (κ3) is 4.27. The van der Waals surface area contributed by atoms with Crippen molar-refractivity contribution in [3.63, 3.8) is 0 Å². The molecule has 2 aromatic carbocycles. The minimum atomic E-state index is -0.533. The van der Waals surface area contributed by atoms with Gasteiger partial charge in [0.15, 0.2) is 0 Å². The molecule has 0 unspecified atom stereocenters. The number of aryl methyl sites for hydroxylation is 1. The molecular weight excluding hydrogens is 358 g/mol. The van der Waals surface area contributed by atoms with Crippen LogP contribution in [0.2, 0.25) is 0 Å². The normalized spacial score (nSPS) is 13.5. The number of para-hydroxylation sites is 1. The Hall–Kier alpha value is -3.45. The number of β-amino-alcohol motifs (C(OH)–C–C–N with tert-alkyl or cyclic N) is 1. The Morgan fingerprint density at radius 3 is 2.50 bits per heavy atom. The van der Waals surface area contributed by atoms with Crippen LogP contribution in [0.15, 0.2) is 60.3 Å². The van der Waals surface area contributed by atoms with Crippen LogP contribution >= 0.6 is 0 Å². The highest BCUT2D eigenvalue weighted by Gasteiger charge is 2.31. The van der Waals surface area contributed by atoms with Crippen molar-refractivity contribution >= 4 is 23.4 Å². The minimum absolute atomic E-state index is 0.0669. The van der Waals surface area contributed by atoms with Gasteiger partial charge in [-0.1, -0.05) is 42.0 Å².